The highest BCUT2D eigenvalue weighted by molar-refractivity contribution is 7.20. The summed E-state index contributed by atoms with van der Waals surface area (Å²) < 4.78 is 14.4. The van der Waals surface area contributed by atoms with Gasteiger partial charge in [-0.15, -0.1) is 22.9 Å². The van der Waals surface area contributed by atoms with Crippen LogP contribution >= 0.6 is 57.7 Å². The summed E-state index contributed by atoms with van der Waals surface area (Å²) in [5.74, 6) is -0.359. The Labute approximate surface area is 128 Å². The predicted octanol–water partition coefficient (Wildman–Crippen LogP) is 6.48. The van der Waals surface area contributed by atoms with Gasteiger partial charge in [-0.2, -0.15) is 0 Å². The van der Waals surface area contributed by atoms with Crippen molar-refractivity contribution in [1.29, 1.82) is 0 Å². The summed E-state index contributed by atoms with van der Waals surface area (Å²) in [5.41, 5.74) is 1.78. The molecule has 2 aromatic rings. The second kappa shape index (κ2) is 5.56. The van der Waals surface area contributed by atoms with E-state index in [0.717, 1.165) is 0 Å². The molecule has 2 rings (SSSR count). The number of halogens is 5. The minimum absolute atomic E-state index is 0.275. The Morgan fingerprint density at radius 1 is 1.11 bits per heavy atom. The lowest BCUT2D eigenvalue weighted by molar-refractivity contribution is 0.618. The monoisotopic (exact) mass is 342 g/mol. The van der Waals surface area contributed by atoms with E-state index in [9.17, 15) is 4.39 Å². The maximum absolute atomic E-state index is 13.3. The van der Waals surface area contributed by atoms with E-state index in [1.54, 1.807) is 19.1 Å². The molecule has 0 amide bonds. The number of alkyl halides is 1. The van der Waals surface area contributed by atoms with Gasteiger partial charge in [0, 0.05) is 10.6 Å². The second-order valence-electron chi connectivity index (χ2n) is 3.77. The van der Waals surface area contributed by atoms with Crippen molar-refractivity contribution < 1.29 is 4.39 Å². The van der Waals surface area contributed by atoms with E-state index in [1.807, 2.05) is 0 Å². The number of hydrogen-bond donors (Lipinski definition) is 0. The molecule has 0 aliphatic carbocycles. The quantitative estimate of drug-likeness (QED) is 0.547. The molecule has 0 aliphatic rings. The molecule has 0 saturated carbocycles. The van der Waals surface area contributed by atoms with Crippen LogP contribution in [0.25, 0.3) is 0 Å². The van der Waals surface area contributed by atoms with Gasteiger partial charge in [-0.3, -0.25) is 0 Å². The van der Waals surface area contributed by atoms with Gasteiger partial charge < -0.3 is 0 Å². The normalized spacial score (nSPS) is 12.8. The molecule has 96 valence electrons. The summed E-state index contributed by atoms with van der Waals surface area (Å²) in [7, 11) is 0. The van der Waals surface area contributed by atoms with Crippen molar-refractivity contribution in [1.82, 2.24) is 0 Å². The number of aryl methyl sites for hydroxylation is 1. The first kappa shape index (κ1) is 14.4. The van der Waals surface area contributed by atoms with Crippen LogP contribution in [-0.2, 0) is 0 Å². The molecule has 0 saturated heterocycles. The van der Waals surface area contributed by atoms with Gasteiger partial charge >= 0.3 is 0 Å². The van der Waals surface area contributed by atoms with Crippen LogP contribution in [0.2, 0.25) is 13.7 Å². The SMILES string of the molecule is Cc1cc(C(Cl)c2cc(Cl)sc2Cl)c(Cl)cc1F. The fraction of sp³-hybridized carbons (Fsp3) is 0.167. The molecule has 0 spiro atoms. The molecule has 0 fully saturated rings. The number of rotatable bonds is 2. The maximum atomic E-state index is 13.3. The van der Waals surface area contributed by atoms with Crippen LogP contribution in [0.4, 0.5) is 4.39 Å². The van der Waals surface area contributed by atoms with E-state index < -0.39 is 5.38 Å². The average Bonchev–Trinajstić information content (AvgIpc) is 2.62. The van der Waals surface area contributed by atoms with Gasteiger partial charge in [0.25, 0.3) is 0 Å². The highest BCUT2D eigenvalue weighted by Gasteiger charge is 2.20. The van der Waals surface area contributed by atoms with E-state index >= 15 is 0 Å². The molecule has 1 aromatic heterocycles. The van der Waals surface area contributed by atoms with E-state index in [0.29, 0.717) is 25.4 Å². The number of hydrogen-bond acceptors (Lipinski definition) is 1. The zero-order chi connectivity index (χ0) is 13.4. The molecule has 1 atom stereocenters. The van der Waals surface area contributed by atoms with Gasteiger partial charge in [0.2, 0.25) is 0 Å². The molecule has 6 heteroatoms. The molecular weight excluding hydrogens is 337 g/mol. The smallest absolute Gasteiger partial charge is 0.127 e. The van der Waals surface area contributed by atoms with Crippen LogP contribution in [0.1, 0.15) is 22.1 Å². The predicted molar refractivity (Wildman–Crippen MR) is 78.2 cm³/mol. The summed E-state index contributed by atoms with van der Waals surface area (Å²) in [6.45, 7) is 1.65. The molecule has 1 unspecified atom stereocenters. The first-order valence-electron chi connectivity index (χ1n) is 4.94. The van der Waals surface area contributed by atoms with Crippen LogP contribution in [-0.4, -0.2) is 0 Å². The third-order valence-electron chi connectivity index (χ3n) is 2.51. The third-order valence-corrected chi connectivity index (χ3v) is 4.82. The van der Waals surface area contributed by atoms with Gasteiger partial charge in [-0.25, -0.2) is 4.39 Å². The van der Waals surface area contributed by atoms with E-state index in [-0.39, 0.29) is 10.8 Å². The average molecular weight is 344 g/mol. The summed E-state index contributed by atoms with van der Waals surface area (Å²) in [6, 6.07) is 4.57. The van der Waals surface area contributed by atoms with Crippen LogP contribution in [0.15, 0.2) is 18.2 Å². The zero-order valence-electron chi connectivity index (χ0n) is 9.11. The van der Waals surface area contributed by atoms with Gasteiger partial charge in [0.1, 0.15) is 5.82 Å². The molecule has 0 aliphatic heterocycles. The topological polar surface area (TPSA) is 0 Å². The summed E-state index contributed by atoms with van der Waals surface area (Å²) in [5, 5.41) is -0.274. The van der Waals surface area contributed by atoms with Gasteiger partial charge in [-0.05, 0) is 36.2 Å². The molecule has 0 N–H and O–H groups in total. The molecule has 1 aromatic carbocycles. The minimum atomic E-state index is -0.548. The lowest BCUT2D eigenvalue weighted by Crippen LogP contribution is -1.96. The molecular formula is C12H7Cl4FS. The highest BCUT2D eigenvalue weighted by atomic mass is 35.5. The van der Waals surface area contributed by atoms with Crippen molar-refractivity contribution in [3.8, 4) is 0 Å². The van der Waals surface area contributed by atoms with Gasteiger partial charge in [0.05, 0.1) is 14.0 Å². The Hall–Kier alpha value is 0.01000. The van der Waals surface area contributed by atoms with E-state index in [2.05, 4.69) is 0 Å². The Bertz CT molecular complexity index is 594. The van der Waals surface area contributed by atoms with Gasteiger partial charge in [-0.1, -0.05) is 34.8 Å². The molecule has 18 heavy (non-hydrogen) atoms. The Morgan fingerprint density at radius 2 is 1.78 bits per heavy atom. The summed E-state index contributed by atoms with van der Waals surface area (Å²) in [4.78, 5) is 0. The summed E-state index contributed by atoms with van der Waals surface area (Å²) in [6.07, 6.45) is 0. The van der Waals surface area contributed by atoms with Crippen molar-refractivity contribution in [2.75, 3.05) is 0 Å². The van der Waals surface area contributed by atoms with Crippen LogP contribution in [0.3, 0.4) is 0 Å². The number of thiophene rings is 1. The molecule has 0 bridgehead atoms. The van der Waals surface area contributed by atoms with E-state index in [1.165, 1.54) is 17.4 Å². The number of benzene rings is 1. The summed E-state index contributed by atoms with van der Waals surface area (Å²) >= 11 is 25.5. The molecule has 0 nitrogen and oxygen atoms in total. The lowest BCUT2D eigenvalue weighted by atomic mass is 10.0. The fourth-order valence-corrected chi connectivity index (χ4v) is 3.89. The van der Waals surface area contributed by atoms with Crippen molar-refractivity contribution in [3.05, 3.63) is 54.4 Å². The van der Waals surface area contributed by atoms with Gasteiger partial charge in [0.15, 0.2) is 0 Å². The highest BCUT2D eigenvalue weighted by Crippen LogP contribution is 2.42. The van der Waals surface area contributed by atoms with Crippen molar-refractivity contribution in [2.45, 2.75) is 12.3 Å². The third kappa shape index (κ3) is 2.78. The standard InChI is InChI=1S/C12H7Cl4FS/c1-5-2-6(8(13)4-9(5)17)11(15)7-3-10(14)18-12(7)16/h2-4,11H,1H3. The van der Waals surface area contributed by atoms with Crippen LogP contribution in [0.5, 0.6) is 0 Å². The Morgan fingerprint density at radius 3 is 2.33 bits per heavy atom. The fourth-order valence-electron chi connectivity index (χ4n) is 1.57. The lowest BCUT2D eigenvalue weighted by Gasteiger charge is -2.12. The Kier molecular flexibility index (Phi) is 4.45. The van der Waals surface area contributed by atoms with E-state index in [4.69, 9.17) is 46.4 Å². The molecule has 0 radical (unpaired) electrons. The molecule has 1 heterocycles. The van der Waals surface area contributed by atoms with Crippen LogP contribution < -0.4 is 0 Å². The largest absolute Gasteiger partial charge is 0.207 e. The minimum Gasteiger partial charge on any atom is -0.207 e. The maximum Gasteiger partial charge on any atom is 0.127 e. The van der Waals surface area contributed by atoms with Crippen LogP contribution in [0, 0.1) is 12.7 Å². The first-order chi connectivity index (χ1) is 8.40. The second-order valence-corrected chi connectivity index (χ2v) is 6.89. The Balaban J connectivity index is 2.49. The van der Waals surface area contributed by atoms with Crippen molar-refractivity contribution in [3.63, 3.8) is 0 Å². The van der Waals surface area contributed by atoms with Crippen molar-refractivity contribution in [2.24, 2.45) is 0 Å². The zero-order valence-corrected chi connectivity index (χ0v) is 12.9. The van der Waals surface area contributed by atoms with Crippen molar-refractivity contribution >= 4 is 57.7 Å². The first-order valence-corrected chi connectivity index (χ1v) is 7.33.